The molecule has 74 valence electrons. The van der Waals surface area contributed by atoms with Crippen molar-refractivity contribution in [2.24, 2.45) is 0 Å². The molecule has 0 atom stereocenters. The maximum Gasteiger partial charge on any atom is 0.0710 e. The quantitative estimate of drug-likeness (QED) is 0.712. The monoisotopic (exact) mass is 195 g/mol. The molecular weight excluding hydrogens is 182 g/mol. The summed E-state index contributed by atoms with van der Waals surface area (Å²) in [4.78, 5) is 4.37. The highest BCUT2D eigenvalue weighted by Crippen LogP contribution is 2.21. The molecular formula is C14H13N. The Balaban J connectivity index is 2.54. The van der Waals surface area contributed by atoms with Crippen LogP contribution in [-0.2, 0) is 0 Å². The Hall–Kier alpha value is -1.89. The maximum absolute atomic E-state index is 4.37. The molecule has 0 N–H and O–H groups in total. The summed E-state index contributed by atoms with van der Waals surface area (Å²) in [5.41, 5.74) is 4.53. The molecule has 0 saturated carbocycles. The van der Waals surface area contributed by atoms with E-state index in [0.717, 1.165) is 11.3 Å². The Kier molecular flexibility index (Phi) is 2.64. The zero-order valence-corrected chi connectivity index (χ0v) is 8.77. The van der Waals surface area contributed by atoms with Gasteiger partial charge in [0.05, 0.1) is 5.69 Å². The molecule has 2 rings (SSSR count). The highest BCUT2D eigenvalue weighted by molar-refractivity contribution is 5.66. The number of hydrogen-bond donors (Lipinski definition) is 0. The van der Waals surface area contributed by atoms with Crippen LogP contribution in [0.5, 0.6) is 0 Å². The minimum Gasteiger partial charge on any atom is -0.256 e. The number of rotatable bonds is 2. The van der Waals surface area contributed by atoms with Crippen molar-refractivity contribution in [2.75, 3.05) is 0 Å². The average Bonchev–Trinajstić information content (AvgIpc) is 2.30. The maximum atomic E-state index is 4.37. The summed E-state index contributed by atoms with van der Waals surface area (Å²) >= 11 is 0. The van der Waals surface area contributed by atoms with Gasteiger partial charge in [0.15, 0.2) is 0 Å². The average molecular weight is 195 g/mol. The third-order valence-corrected chi connectivity index (χ3v) is 2.44. The van der Waals surface area contributed by atoms with E-state index in [-0.39, 0.29) is 0 Å². The lowest BCUT2D eigenvalue weighted by atomic mass is 10.0. The van der Waals surface area contributed by atoms with Crippen LogP contribution in [0.1, 0.15) is 11.1 Å². The van der Waals surface area contributed by atoms with Gasteiger partial charge in [-0.2, -0.15) is 0 Å². The van der Waals surface area contributed by atoms with Gasteiger partial charge in [-0.3, -0.25) is 4.98 Å². The molecule has 1 heterocycles. The molecule has 0 bridgehead atoms. The third kappa shape index (κ3) is 1.96. The van der Waals surface area contributed by atoms with E-state index in [9.17, 15) is 0 Å². The van der Waals surface area contributed by atoms with Gasteiger partial charge in [-0.05, 0) is 30.2 Å². The first-order chi connectivity index (χ1) is 7.31. The highest BCUT2D eigenvalue weighted by Gasteiger charge is 2.01. The largest absolute Gasteiger partial charge is 0.256 e. The fourth-order valence-corrected chi connectivity index (χ4v) is 1.58. The molecule has 1 aromatic heterocycles. The summed E-state index contributed by atoms with van der Waals surface area (Å²) in [6.07, 6.45) is 3.66. The van der Waals surface area contributed by atoms with E-state index >= 15 is 0 Å². The molecule has 1 nitrogen and oxygen atoms in total. The van der Waals surface area contributed by atoms with Gasteiger partial charge in [-0.1, -0.05) is 36.9 Å². The van der Waals surface area contributed by atoms with Crippen molar-refractivity contribution in [3.63, 3.8) is 0 Å². The van der Waals surface area contributed by atoms with Crippen LogP contribution in [0.25, 0.3) is 17.3 Å². The Morgan fingerprint density at radius 1 is 1.20 bits per heavy atom. The van der Waals surface area contributed by atoms with Crippen molar-refractivity contribution in [3.05, 3.63) is 60.3 Å². The smallest absolute Gasteiger partial charge is 0.0710 e. The standard InChI is InChI=1S/C14H13N/c1-3-12-8-9-15-14(10-12)13-7-5-4-6-11(13)2/h3-10H,1H2,2H3. The molecule has 0 unspecified atom stereocenters. The van der Waals surface area contributed by atoms with Crippen LogP contribution in [0.3, 0.4) is 0 Å². The van der Waals surface area contributed by atoms with Gasteiger partial charge in [-0.15, -0.1) is 0 Å². The topological polar surface area (TPSA) is 12.9 Å². The van der Waals surface area contributed by atoms with Gasteiger partial charge < -0.3 is 0 Å². The first-order valence-corrected chi connectivity index (χ1v) is 4.96. The van der Waals surface area contributed by atoms with Crippen LogP contribution < -0.4 is 0 Å². The first kappa shape index (κ1) is 9.66. The van der Waals surface area contributed by atoms with Gasteiger partial charge in [0.2, 0.25) is 0 Å². The second-order valence-electron chi connectivity index (χ2n) is 3.49. The normalized spacial score (nSPS) is 9.93. The van der Waals surface area contributed by atoms with Gasteiger partial charge in [-0.25, -0.2) is 0 Å². The fraction of sp³-hybridized carbons (Fsp3) is 0.0714. The second-order valence-corrected chi connectivity index (χ2v) is 3.49. The molecule has 0 aliphatic heterocycles. The molecule has 1 heteroatoms. The van der Waals surface area contributed by atoms with Crippen molar-refractivity contribution >= 4 is 6.08 Å². The predicted octanol–water partition coefficient (Wildman–Crippen LogP) is 3.70. The Labute approximate surface area is 90.1 Å². The van der Waals surface area contributed by atoms with Gasteiger partial charge in [0.1, 0.15) is 0 Å². The molecule has 0 radical (unpaired) electrons. The minimum absolute atomic E-state index is 1.01. The van der Waals surface area contributed by atoms with Crippen LogP contribution in [0.4, 0.5) is 0 Å². The van der Waals surface area contributed by atoms with Crippen LogP contribution in [0.15, 0.2) is 49.2 Å². The molecule has 1 aromatic carbocycles. The lowest BCUT2D eigenvalue weighted by Gasteiger charge is -2.05. The zero-order chi connectivity index (χ0) is 10.7. The number of pyridine rings is 1. The van der Waals surface area contributed by atoms with Crippen molar-refractivity contribution in [3.8, 4) is 11.3 Å². The van der Waals surface area contributed by atoms with Crippen molar-refractivity contribution in [1.82, 2.24) is 4.98 Å². The van der Waals surface area contributed by atoms with Crippen LogP contribution in [0.2, 0.25) is 0 Å². The van der Waals surface area contributed by atoms with E-state index in [1.54, 1.807) is 0 Å². The summed E-state index contributed by atoms with van der Waals surface area (Å²) in [5, 5.41) is 0. The minimum atomic E-state index is 1.01. The SMILES string of the molecule is C=Cc1ccnc(-c2ccccc2C)c1. The number of nitrogens with zero attached hydrogens (tertiary/aromatic N) is 1. The Morgan fingerprint density at radius 2 is 2.00 bits per heavy atom. The number of aromatic nitrogens is 1. The van der Waals surface area contributed by atoms with E-state index in [2.05, 4.69) is 36.7 Å². The predicted molar refractivity (Wildman–Crippen MR) is 64.5 cm³/mol. The number of benzene rings is 1. The van der Waals surface area contributed by atoms with Crippen molar-refractivity contribution in [1.29, 1.82) is 0 Å². The molecule has 2 aromatic rings. The first-order valence-electron chi connectivity index (χ1n) is 4.96. The van der Waals surface area contributed by atoms with E-state index in [4.69, 9.17) is 0 Å². The summed E-state index contributed by atoms with van der Waals surface area (Å²) in [7, 11) is 0. The third-order valence-electron chi connectivity index (χ3n) is 2.44. The Bertz CT molecular complexity index is 486. The molecule has 0 aliphatic carbocycles. The lowest BCUT2D eigenvalue weighted by molar-refractivity contribution is 1.30. The van der Waals surface area contributed by atoms with Gasteiger partial charge in [0, 0.05) is 11.8 Å². The van der Waals surface area contributed by atoms with Crippen LogP contribution >= 0.6 is 0 Å². The van der Waals surface area contributed by atoms with E-state index in [1.807, 2.05) is 30.5 Å². The summed E-state index contributed by atoms with van der Waals surface area (Å²) in [6, 6.07) is 12.3. The molecule has 0 amide bonds. The lowest BCUT2D eigenvalue weighted by Crippen LogP contribution is -1.86. The van der Waals surface area contributed by atoms with Crippen LogP contribution in [0, 0.1) is 6.92 Å². The molecule has 15 heavy (non-hydrogen) atoms. The van der Waals surface area contributed by atoms with E-state index < -0.39 is 0 Å². The van der Waals surface area contributed by atoms with E-state index in [0.29, 0.717) is 0 Å². The molecule has 0 saturated heterocycles. The summed E-state index contributed by atoms with van der Waals surface area (Å²) in [6.45, 7) is 5.86. The van der Waals surface area contributed by atoms with Crippen LogP contribution in [-0.4, -0.2) is 4.98 Å². The second kappa shape index (κ2) is 4.09. The van der Waals surface area contributed by atoms with E-state index in [1.165, 1.54) is 11.1 Å². The molecule has 0 spiro atoms. The fourth-order valence-electron chi connectivity index (χ4n) is 1.58. The Morgan fingerprint density at radius 3 is 2.73 bits per heavy atom. The number of hydrogen-bond acceptors (Lipinski definition) is 1. The van der Waals surface area contributed by atoms with Crippen molar-refractivity contribution in [2.45, 2.75) is 6.92 Å². The van der Waals surface area contributed by atoms with Gasteiger partial charge in [0.25, 0.3) is 0 Å². The molecule has 0 fully saturated rings. The highest BCUT2D eigenvalue weighted by atomic mass is 14.7. The summed E-state index contributed by atoms with van der Waals surface area (Å²) < 4.78 is 0. The molecule has 0 aliphatic rings. The summed E-state index contributed by atoms with van der Waals surface area (Å²) in [5.74, 6) is 0. The number of aryl methyl sites for hydroxylation is 1. The van der Waals surface area contributed by atoms with Crippen molar-refractivity contribution < 1.29 is 0 Å². The van der Waals surface area contributed by atoms with Gasteiger partial charge >= 0.3 is 0 Å². The zero-order valence-electron chi connectivity index (χ0n) is 8.77.